The molecule has 0 atom stereocenters. The van der Waals surface area contributed by atoms with Crippen molar-refractivity contribution >= 4 is 39.9 Å². The number of thioether (sulfide) groups is 1. The minimum absolute atomic E-state index is 0.128. The summed E-state index contributed by atoms with van der Waals surface area (Å²) in [6.07, 6.45) is 0.932. The van der Waals surface area contributed by atoms with Gasteiger partial charge in [0.15, 0.2) is 0 Å². The van der Waals surface area contributed by atoms with Crippen LogP contribution in [0.4, 0.5) is 11.4 Å². The Labute approximate surface area is 186 Å². The highest BCUT2D eigenvalue weighted by atomic mass is 32.2. The van der Waals surface area contributed by atoms with Crippen molar-refractivity contribution in [1.29, 1.82) is 5.26 Å². The van der Waals surface area contributed by atoms with Gasteiger partial charge in [0.05, 0.1) is 30.0 Å². The number of fused-ring (bicyclic) bond motifs is 1. The number of anilines is 2. The Morgan fingerprint density at radius 2 is 1.97 bits per heavy atom. The van der Waals surface area contributed by atoms with Crippen LogP contribution in [0.15, 0.2) is 53.6 Å². The first-order valence-electron chi connectivity index (χ1n) is 10.4. The van der Waals surface area contributed by atoms with Crippen LogP contribution < -0.4 is 10.2 Å². The van der Waals surface area contributed by atoms with E-state index in [9.17, 15) is 10.1 Å². The molecule has 6 nitrogen and oxygen atoms in total. The molecule has 158 valence electrons. The second-order valence-electron chi connectivity index (χ2n) is 7.32. The van der Waals surface area contributed by atoms with E-state index >= 15 is 0 Å². The quantitative estimate of drug-likeness (QED) is 0.587. The molecule has 2 aromatic carbocycles. The number of hydrogen-bond donors (Lipinski definition) is 1. The van der Waals surface area contributed by atoms with E-state index in [1.165, 1.54) is 17.3 Å². The molecule has 0 unspecified atom stereocenters. The molecule has 0 aliphatic carbocycles. The van der Waals surface area contributed by atoms with Gasteiger partial charge in [-0.15, -0.1) is 0 Å². The molecule has 0 saturated carbocycles. The highest BCUT2D eigenvalue weighted by Crippen LogP contribution is 2.26. The summed E-state index contributed by atoms with van der Waals surface area (Å²) >= 11 is 1.28. The number of benzene rings is 2. The number of aryl methyl sites for hydroxylation is 1. The lowest BCUT2D eigenvalue weighted by atomic mass is 10.1. The van der Waals surface area contributed by atoms with Crippen LogP contribution in [0, 0.1) is 11.3 Å². The van der Waals surface area contributed by atoms with Crippen molar-refractivity contribution in [2.24, 2.45) is 0 Å². The van der Waals surface area contributed by atoms with E-state index in [0.29, 0.717) is 10.6 Å². The van der Waals surface area contributed by atoms with Crippen molar-refractivity contribution < 1.29 is 9.53 Å². The molecule has 0 bridgehead atoms. The van der Waals surface area contributed by atoms with Crippen LogP contribution in [0.2, 0.25) is 0 Å². The monoisotopic (exact) mass is 432 g/mol. The highest BCUT2D eigenvalue weighted by Gasteiger charge is 2.13. The van der Waals surface area contributed by atoms with E-state index in [-0.39, 0.29) is 11.7 Å². The number of ether oxygens (including phenoxy) is 1. The third kappa shape index (κ3) is 5.16. The lowest BCUT2D eigenvalue weighted by Crippen LogP contribution is -2.36. The van der Waals surface area contributed by atoms with Crippen molar-refractivity contribution in [3.8, 4) is 6.07 Å². The Bertz CT molecular complexity index is 1120. The molecule has 1 aliphatic heterocycles. The Hall–Kier alpha value is -3.08. The number of amides is 1. The van der Waals surface area contributed by atoms with E-state index < -0.39 is 0 Å². The van der Waals surface area contributed by atoms with E-state index in [4.69, 9.17) is 4.74 Å². The van der Waals surface area contributed by atoms with Crippen molar-refractivity contribution in [3.63, 3.8) is 0 Å². The molecule has 1 saturated heterocycles. The summed E-state index contributed by atoms with van der Waals surface area (Å²) in [7, 11) is 0. The fourth-order valence-corrected chi connectivity index (χ4v) is 4.29. The summed E-state index contributed by atoms with van der Waals surface area (Å²) < 4.78 is 5.39. The number of aromatic nitrogens is 1. The predicted molar refractivity (Wildman–Crippen MR) is 125 cm³/mol. The second kappa shape index (κ2) is 9.82. The van der Waals surface area contributed by atoms with Gasteiger partial charge in [0.1, 0.15) is 11.1 Å². The van der Waals surface area contributed by atoms with Crippen molar-refractivity contribution in [2.75, 3.05) is 42.3 Å². The minimum Gasteiger partial charge on any atom is -0.378 e. The molecular formula is C24H24N4O2S. The number of carbonyl (C=O) groups is 1. The Morgan fingerprint density at radius 1 is 1.19 bits per heavy atom. The SMILES string of the molecule is CCc1ccc2nc(SCC(=O)Nc3ccc(N4CCOCC4)cc3)c(C#N)cc2c1. The zero-order valence-electron chi connectivity index (χ0n) is 17.4. The number of nitrogens with one attached hydrogen (secondary N) is 1. The minimum atomic E-state index is -0.128. The maximum atomic E-state index is 12.4. The first-order valence-corrected chi connectivity index (χ1v) is 11.3. The third-order valence-corrected chi connectivity index (χ3v) is 6.23. The van der Waals surface area contributed by atoms with E-state index in [0.717, 1.165) is 55.0 Å². The number of rotatable bonds is 6. The number of hydrogen-bond acceptors (Lipinski definition) is 6. The van der Waals surface area contributed by atoms with Gasteiger partial charge in [-0.2, -0.15) is 5.26 Å². The average molecular weight is 433 g/mol. The lowest BCUT2D eigenvalue weighted by molar-refractivity contribution is -0.113. The standard InChI is InChI=1S/C24H24N4O2S/c1-2-17-3-8-22-18(13-17)14-19(15-25)24(27-22)31-16-23(29)26-20-4-6-21(7-5-20)28-9-11-30-12-10-28/h3-8,13-14H,2,9-12,16H2,1H3,(H,26,29). The Kier molecular flexibility index (Phi) is 6.70. The van der Waals surface area contributed by atoms with Gasteiger partial charge in [-0.25, -0.2) is 4.98 Å². The van der Waals surface area contributed by atoms with Crippen LogP contribution in [0.1, 0.15) is 18.1 Å². The zero-order valence-corrected chi connectivity index (χ0v) is 18.2. The average Bonchev–Trinajstić information content (AvgIpc) is 2.82. The van der Waals surface area contributed by atoms with Crippen molar-refractivity contribution in [3.05, 3.63) is 59.7 Å². The molecule has 7 heteroatoms. The fourth-order valence-electron chi connectivity index (χ4n) is 3.53. The second-order valence-corrected chi connectivity index (χ2v) is 8.28. The third-order valence-electron chi connectivity index (χ3n) is 5.24. The van der Waals surface area contributed by atoms with Gasteiger partial charge in [-0.3, -0.25) is 4.79 Å². The molecular weight excluding hydrogens is 408 g/mol. The summed E-state index contributed by atoms with van der Waals surface area (Å²) in [5.74, 6) is 0.0575. The molecule has 2 heterocycles. The first kappa shape index (κ1) is 21.2. The maximum absolute atomic E-state index is 12.4. The predicted octanol–water partition coefficient (Wildman–Crippen LogP) is 4.24. The number of morpholine rings is 1. The van der Waals surface area contributed by atoms with Gasteiger partial charge in [0.25, 0.3) is 0 Å². The van der Waals surface area contributed by atoms with Crippen LogP contribution in [0.25, 0.3) is 10.9 Å². The smallest absolute Gasteiger partial charge is 0.234 e. The molecule has 1 N–H and O–H groups in total. The molecule has 1 aromatic heterocycles. The molecule has 1 aliphatic rings. The van der Waals surface area contributed by atoms with Crippen LogP contribution in [0.5, 0.6) is 0 Å². The summed E-state index contributed by atoms with van der Waals surface area (Å²) in [6.45, 7) is 5.33. The van der Waals surface area contributed by atoms with Gasteiger partial charge in [0, 0.05) is 29.9 Å². The van der Waals surface area contributed by atoms with Gasteiger partial charge >= 0.3 is 0 Å². The van der Waals surface area contributed by atoms with Crippen LogP contribution in [-0.4, -0.2) is 42.9 Å². The Morgan fingerprint density at radius 3 is 2.68 bits per heavy atom. The van der Waals surface area contributed by atoms with E-state index in [2.05, 4.69) is 34.3 Å². The molecule has 0 spiro atoms. The maximum Gasteiger partial charge on any atom is 0.234 e. The van der Waals surface area contributed by atoms with E-state index in [1.54, 1.807) is 0 Å². The molecule has 31 heavy (non-hydrogen) atoms. The molecule has 0 radical (unpaired) electrons. The van der Waals surface area contributed by atoms with Gasteiger partial charge in [0.2, 0.25) is 5.91 Å². The zero-order chi connectivity index (χ0) is 21.6. The summed E-state index contributed by atoms with van der Waals surface area (Å²) in [4.78, 5) is 19.3. The first-order chi connectivity index (χ1) is 15.2. The molecule has 4 rings (SSSR count). The number of pyridine rings is 1. The van der Waals surface area contributed by atoms with Gasteiger partial charge in [-0.1, -0.05) is 24.8 Å². The summed E-state index contributed by atoms with van der Waals surface area (Å²) in [5.41, 5.74) is 4.41. The van der Waals surface area contributed by atoms with E-state index in [1.807, 2.05) is 42.5 Å². The van der Waals surface area contributed by atoms with Crippen LogP contribution >= 0.6 is 11.8 Å². The highest BCUT2D eigenvalue weighted by molar-refractivity contribution is 8.00. The topological polar surface area (TPSA) is 78.2 Å². The van der Waals surface area contributed by atoms with Gasteiger partial charge < -0.3 is 15.0 Å². The fraction of sp³-hybridized carbons (Fsp3) is 0.292. The van der Waals surface area contributed by atoms with Crippen molar-refractivity contribution in [1.82, 2.24) is 4.98 Å². The lowest BCUT2D eigenvalue weighted by Gasteiger charge is -2.28. The molecule has 1 amide bonds. The van der Waals surface area contributed by atoms with Crippen molar-refractivity contribution in [2.45, 2.75) is 18.4 Å². The largest absolute Gasteiger partial charge is 0.378 e. The summed E-state index contributed by atoms with van der Waals surface area (Å²) in [5, 5.41) is 14.0. The molecule has 1 fully saturated rings. The number of nitriles is 1. The van der Waals surface area contributed by atoms with Crippen LogP contribution in [0.3, 0.4) is 0 Å². The van der Waals surface area contributed by atoms with Crippen LogP contribution in [-0.2, 0) is 16.0 Å². The van der Waals surface area contributed by atoms with Gasteiger partial charge in [-0.05, 0) is 54.4 Å². The number of carbonyl (C=O) groups excluding carboxylic acids is 1. The molecule has 3 aromatic rings. The summed E-state index contributed by atoms with van der Waals surface area (Å²) in [6, 6.07) is 18.0. The Balaban J connectivity index is 1.39. The number of nitrogens with zero attached hydrogens (tertiary/aromatic N) is 3. The normalized spacial score (nSPS) is 13.7.